The minimum atomic E-state index is -0.846. The van der Waals surface area contributed by atoms with Crippen molar-refractivity contribution in [1.29, 1.82) is 0 Å². The summed E-state index contributed by atoms with van der Waals surface area (Å²) in [7, 11) is 2.52. The molecule has 0 heterocycles. The van der Waals surface area contributed by atoms with Gasteiger partial charge in [-0.05, 0) is 31.4 Å². The molecule has 0 saturated heterocycles. The fourth-order valence-corrected chi connectivity index (χ4v) is 1.77. The molecule has 0 bridgehead atoms. The molecule has 5 nitrogen and oxygen atoms in total. The van der Waals surface area contributed by atoms with E-state index >= 15 is 0 Å². The lowest BCUT2D eigenvalue weighted by molar-refractivity contribution is -0.159. The number of hydrogen-bond donors (Lipinski definition) is 0. The van der Waals surface area contributed by atoms with Crippen molar-refractivity contribution < 1.29 is 23.8 Å². The fourth-order valence-electron chi connectivity index (χ4n) is 1.77. The Hall–Kier alpha value is -2.04. The quantitative estimate of drug-likeness (QED) is 0.415. The van der Waals surface area contributed by atoms with Crippen LogP contribution in [0.15, 0.2) is 30.3 Å². The molecule has 1 aromatic carbocycles. The standard InChI is InChI=1S/C15H20O5/c1-18-14(16)13(15(17)19-2)10-6-7-11-20-12-8-4-3-5-9-12/h3-5,8-9,13H,6-7,10-11H2,1-2H3. The molecule has 0 N–H and O–H groups in total. The Morgan fingerprint density at radius 1 is 1.00 bits per heavy atom. The van der Waals surface area contributed by atoms with Gasteiger partial charge in [-0.3, -0.25) is 9.59 Å². The van der Waals surface area contributed by atoms with Gasteiger partial charge in [-0.25, -0.2) is 0 Å². The summed E-state index contributed by atoms with van der Waals surface area (Å²) in [6, 6.07) is 9.49. The Balaban J connectivity index is 2.27. The van der Waals surface area contributed by atoms with E-state index in [2.05, 4.69) is 9.47 Å². The maximum atomic E-state index is 11.4. The highest BCUT2D eigenvalue weighted by Crippen LogP contribution is 2.14. The van der Waals surface area contributed by atoms with Crippen LogP contribution in [-0.4, -0.2) is 32.8 Å². The van der Waals surface area contributed by atoms with Crippen molar-refractivity contribution >= 4 is 11.9 Å². The zero-order chi connectivity index (χ0) is 14.8. The van der Waals surface area contributed by atoms with Crippen LogP contribution >= 0.6 is 0 Å². The molecule has 1 rings (SSSR count). The van der Waals surface area contributed by atoms with Crippen LogP contribution in [0.5, 0.6) is 5.75 Å². The number of carbonyl (C=O) groups excluding carboxylic acids is 2. The first kappa shape index (κ1) is 16.0. The smallest absolute Gasteiger partial charge is 0.320 e. The molecule has 110 valence electrons. The molecule has 1 aromatic rings. The molecule has 0 atom stereocenters. The predicted octanol–water partition coefficient (Wildman–Crippen LogP) is 2.20. The third-order valence-corrected chi connectivity index (χ3v) is 2.87. The summed E-state index contributed by atoms with van der Waals surface area (Å²) < 4.78 is 14.7. The van der Waals surface area contributed by atoms with Gasteiger partial charge in [0.1, 0.15) is 5.75 Å². The summed E-state index contributed by atoms with van der Waals surface area (Å²) >= 11 is 0. The highest BCUT2D eigenvalue weighted by molar-refractivity contribution is 5.94. The number of hydrogen-bond acceptors (Lipinski definition) is 5. The van der Waals surface area contributed by atoms with Crippen LogP contribution in [0, 0.1) is 5.92 Å². The third kappa shape index (κ3) is 5.30. The van der Waals surface area contributed by atoms with Gasteiger partial charge >= 0.3 is 11.9 Å². The monoisotopic (exact) mass is 280 g/mol. The average Bonchev–Trinajstić information content (AvgIpc) is 2.50. The molecular formula is C15H20O5. The highest BCUT2D eigenvalue weighted by Gasteiger charge is 2.27. The van der Waals surface area contributed by atoms with E-state index in [4.69, 9.17) is 4.74 Å². The molecule has 0 aliphatic rings. The maximum Gasteiger partial charge on any atom is 0.320 e. The van der Waals surface area contributed by atoms with Crippen molar-refractivity contribution in [2.45, 2.75) is 19.3 Å². The van der Waals surface area contributed by atoms with E-state index in [-0.39, 0.29) is 0 Å². The summed E-state index contributed by atoms with van der Waals surface area (Å²) in [5.41, 5.74) is 0. The number of benzene rings is 1. The van der Waals surface area contributed by atoms with Crippen LogP contribution in [0.2, 0.25) is 0 Å². The number of esters is 2. The molecule has 0 radical (unpaired) electrons. The van der Waals surface area contributed by atoms with Gasteiger partial charge in [-0.2, -0.15) is 0 Å². The summed E-state index contributed by atoms with van der Waals surface area (Å²) in [6.07, 6.45) is 1.83. The number of para-hydroxylation sites is 1. The number of carbonyl (C=O) groups is 2. The average molecular weight is 280 g/mol. The molecule has 0 saturated carbocycles. The second kappa shape index (κ2) is 8.96. The van der Waals surface area contributed by atoms with E-state index < -0.39 is 17.9 Å². The molecule has 0 aliphatic heterocycles. The normalized spacial score (nSPS) is 10.2. The Morgan fingerprint density at radius 3 is 2.15 bits per heavy atom. The number of unbranched alkanes of at least 4 members (excludes halogenated alkanes) is 1. The molecule has 0 fully saturated rings. The zero-order valence-corrected chi connectivity index (χ0v) is 11.8. The second-order valence-electron chi connectivity index (χ2n) is 4.26. The van der Waals surface area contributed by atoms with E-state index in [1.54, 1.807) is 0 Å². The molecule has 0 spiro atoms. The number of methoxy groups -OCH3 is 2. The maximum absolute atomic E-state index is 11.4. The first-order valence-electron chi connectivity index (χ1n) is 6.52. The SMILES string of the molecule is COC(=O)C(CCCCOc1ccccc1)C(=O)OC. The topological polar surface area (TPSA) is 61.8 Å². The van der Waals surface area contributed by atoms with Crippen LogP contribution < -0.4 is 4.74 Å². The Labute approximate surface area is 118 Å². The zero-order valence-electron chi connectivity index (χ0n) is 11.8. The van der Waals surface area contributed by atoms with Gasteiger partial charge in [0.15, 0.2) is 5.92 Å². The van der Waals surface area contributed by atoms with Crippen molar-refractivity contribution in [3.8, 4) is 5.75 Å². The Morgan fingerprint density at radius 2 is 1.60 bits per heavy atom. The van der Waals surface area contributed by atoms with Gasteiger partial charge in [-0.15, -0.1) is 0 Å². The van der Waals surface area contributed by atoms with Gasteiger partial charge in [0.25, 0.3) is 0 Å². The van der Waals surface area contributed by atoms with Crippen LogP contribution in [-0.2, 0) is 19.1 Å². The minimum absolute atomic E-state index is 0.400. The van der Waals surface area contributed by atoms with E-state index in [1.807, 2.05) is 30.3 Å². The van der Waals surface area contributed by atoms with Gasteiger partial charge < -0.3 is 14.2 Å². The van der Waals surface area contributed by atoms with Crippen molar-refractivity contribution in [1.82, 2.24) is 0 Å². The summed E-state index contributed by atoms with van der Waals surface area (Å²) in [4.78, 5) is 22.9. The lowest BCUT2D eigenvalue weighted by Crippen LogP contribution is -2.26. The van der Waals surface area contributed by atoms with Crippen molar-refractivity contribution in [2.75, 3.05) is 20.8 Å². The first-order chi connectivity index (χ1) is 9.69. The molecular weight excluding hydrogens is 260 g/mol. The fraction of sp³-hybridized carbons (Fsp3) is 0.467. The van der Waals surface area contributed by atoms with Crippen LogP contribution in [0.25, 0.3) is 0 Å². The largest absolute Gasteiger partial charge is 0.494 e. The van der Waals surface area contributed by atoms with Crippen LogP contribution in [0.4, 0.5) is 0 Å². The molecule has 0 amide bonds. The van der Waals surface area contributed by atoms with E-state index in [0.717, 1.165) is 12.2 Å². The molecule has 20 heavy (non-hydrogen) atoms. The van der Waals surface area contributed by atoms with E-state index in [9.17, 15) is 9.59 Å². The molecule has 0 unspecified atom stereocenters. The Bertz CT molecular complexity index is 400. The van der Waals surface area contributed by atoms with Crippen molar-refractivity contribution in [3.05, 3.63) is 30.3 Å². The van der Waals surface area contributed by atoms with E-state index in [0.29, 0.717) is 19.4 Å². The summed E-state index contributed by atoms with van der Waals surface area (Å²) in [6.45, 7) is 0.541. The van der Waals surface area contributed by atoms with Gasteiger partial charge in [0.2, 0.25) is 0 Å². The first-order valence-corrected chi connectivity index (χ1v) is 6.52. The number of rotatable bonds is 8. The molecule has 0 aliphatic carbocycles. The molecule has 5 heteroatoms. The van der Waals surface area contributed by atoms with Crippen molar-refractivity contribution in [3.63, 3.8) is 0 Å². The highest BCUT2D eigenvalue weighted by atomic mass is 16.5. The van der Waals surface area contributed by atoms with Gasteiger partial charge in [0.05, 0.1) is 20.8 Å². The predicted molar refractivity (Wildman–Crippen MR) is 73.3 cm³/mol. The van der Waals surface area contributed by atoms with Gasteiger partial charge in [-0.1, -0.05) is 18.2 Å². The second-order valence-corrected chi connectivity index (χ2v) is 4.26. The van der Waals surface area contributed by atoms with E-state index in [1.165, 1.54) is 14.2 Å². The number of ether oxygens (including phenoxy) is 3. The lowest BCUT2D eigenvalue weighted by atomic mass is 10.0. The Kier molecular flexibility index (Phi) is 7.17. The van der Waals surface area contributed by atoms with Crippen LogP contribution in [0.3, 0.4) is 0 Å². The minimum Gasteiger partial charge on any atom is -0.494 e. The molecule has 0 aromatic heterocycles. The summed E-state index contributed by atoms with van der Waals surface area (Å²) in [5.74, 6) is -1.15. The van der Waals surface area contributed by atoms with Gasteiger partial charge in [0, 0.05) is 0 Å². The third-order valence-electron chi connectivity index (χ3n) is 2.87. The summed E-state index contributed by atoms with van der Waals surface area (Å²) in [5, 5.41) is 0. The van der Waals surface area contributed by atoms with Crippen molar-refractivity contribution in [2.24, 2.45) is 5.92 Å². The lowest BCUT2D eigenvalue weighted by Gasteiger charge is -2.12. The van der Waals surface area contributed by atoms with Crippen LogP contribution in [0.1, 0.15) is 19.3 Å².